The maximum atomic E-state index is 10.5. The van der Waals surface area contributed by atoms with Crippen LogP contribution in [-0.2, 0) is 33.7 Å². The fraction of sp³-hybridized carbons (Fsp3) is 0.357. The van der Waals surface area contributed by atoms with Gasteiger partial charge in [-0.25, -0.2) is 0 Å². The minimum atomic E-state index is -0.430. The van der Waals surface area contributed by atoms with Gasteiger partial charge in [0.25, 0.3) is 0 Å². The Morgan fingerprint density at radius 2 is 1.55 bits per heavy atom. The van der Waals surface area contributed by atoms with Crippen molar-refractivity contribution in [2.24, 2.45) is 4.99 Å². The Morgan fingerprint density at radius 3 is 2.06 bits per heavy atom. The topological polar surface area (TPSA) is 71.4 Å². The van der Waals surface area contributed by atoms with E-state index < -0.39 is 11.5 Å². The molecule has 4 nitrogen and oxygen atoms in total. The molecule has 0 spiro atoms. The Hall–Kier alpha value is -2.65. The molecule has 0 fully saturated rings. The molecule has 33 heavy (non-hydrogen) atoms. The van der Waals surface area contributed by atoms with Crippen LogP contribution in [0, 0.1) is 6.92 Å². The zero-order chi connectivity index (χ0) is 23.9. The summed E-state index contributed by atoms with van der Waals surface area (Å²) in [6, 6.07) is 16.9. The molecule has 3 aromatic rings. The molecule has 0 amide bonds. The number of aliphatic imine (C=N–C) groups is 1. The summed E-state index contributed by atoms with van der Waals surface area (Å²) in [5.41, 5.74) is 5.75. The Morgan fingerprint density at radius 1 is 0.848 bits per heavy atom. The van der Waals surface area contributed by atoms with E-state index in [0.717, 1.165) is 23.4 Å². The molecular formula is C28H34N2NiO2. The Kier molecular flexibility index (Phi) is 10.3. The van der Waals surface area contributed by atoms with Crippen molar-refractivity contribution in [3.05, 3.63) is 83.2 Å². The number of aryl methyl sites for hydroxylation is 1. The van der Waals surface area contributed by atoms with Gasteiger partial charge in [0.1, 0.15) is 0 Å². The van der Waals surface area contributed by atoms with Crippen molar-refractivity contribution < 1.29 is 26.7 Å². The quantitative estimate of drug-likeness (QED) is 0.347. The van der Waals surface area contributed by atoms with Crippen molar-refractivity contribution in [2.75, 3.05) is 0 Å². The molecule has 5 heteroatoms. The third-order valence-corrected chi connectivity index (χ3v) is 5.03. The summed E-state index contributed by atoms with van der Waals surface area (Å²) in [5, 5.41) is 21.0. The van der Waals surface area contributed by atoms with E-state index in [1.165, 1.54) is 23.3 Å². The molecule has 178 valence electrons. The monoisotopic (exact) mass is 488 g/mol. The first-order valence-corrected chi connectivity index (χ1v) is 10.9. The van der Waals surface area contributed by atoms with Gasteiger partial charge in [-0.1, -0.05) is 83.5 Å². The minimum Gasteiger partial charge on any atom is -0.873 e. The normalized spacial score (nSPS) is 11.5. The fourth-order valence-corrected chi connectivity index (χ4v) is 3.11. The summed E-state index contributed by atoms with van der Waals surface area (Å²) in [6.07, 6.45) is 4.55. The van der Waals surface area contributed by atoms with E-state index in [2.05, 4.69) is 64.7 Å². The second kappa shape index (κ2) is 12.0. The van der Waals surface area contributed by atoms with Gasteiger partial charge in [-0.05, 0) is 47.1 Å². The van der Waals surface area contributed by atoms with Crippen LogP contribution >= 0.6 is 0 Å². The van der Waals surface area contributed by atoms with E-state index >= 15 is 0 Å². The van der Waals surface area contributed by atoms with Crippen LogP contribution in [0.4, 0.5) is 5.69 Å². The predicted octanol–water partition coefficient (Wildman–Crippen LogP) is 5.76. The summed E-state index contributed by atoms with van der Waals surface area (Å²) in [6.45, 7) is 15.2. The largest absolute Gasteiger partial charge is 2.00 e. The number of rotatable bonds is 3. The molecule has 0 unspecified atom stereocenters. The number of nitrogens with zero attached hydrogens (tertiary/aromatic N) is 2. The number of pyridine rings is 1. The average molecular weight is 489 g/mol. The van der Waals surface area contributed by atoms with E-state index in [4.69, 9.17) is 4.99 Å². The molecule has 0 N–H and O–H groups in total. The van der Waals surface area contributed by atoms with Gasteiger partial charge in [0.2, 0.25) is 0 Å². The summed E-state index contributed by atoms with van der Waals surface area (Å²) >= 11 is 0. The van der Waals surface area contributed by atoms with Crippen LogP contribution < -0.4 is 10.2 Å². The van der Waals surface area contributed by atoms with Crippen LogP contribution in [0.25, 0.3) is 0 Å². The van der Waals surface area contributed by atoms with Crippen molar-refractivity contribution >= 4 is 11.9 Å². The second-order valence-electron chi connectivity index (χ2n) is 10.0. The number of hydrogen-bond donors (Lipinski definition) is 0. The van der Waals surface area contributed by atoms with Crippen LogP contribution in [0.15, 0.2) is 65.8 Å². The molecule has 0 saturated heterocycles. The van der Waals surface area contributed by atoms with Gasteiger partial charge in [-0.3, -0.25) is 9.98 Å². The molecule has 1 heterocycles. The fourth-order valence-electron chi connectivity index (χ4n) is 3.11. The standard InChI is InChI=1S/C21H28N2.C7H8O2.Ni/c1-20(2,3)16-10-11-18(21(4,5)6)19(15-16)23-14-12-17-9-7-8-13-22-17;1-5-2-3-6(8)7(9)4-5;/h7-11,13-15H,12H2,1-6H3;2-4,8-9H,1H3;/q;;+2/p-2. The Balaban J connectivity index is 0.000000458. The summed E-state index contributed by atoms with van der Waals surface area (Å²) in [4.78, 5) is 9.12. The number of hydrogen-bond acceptors (Lipinski definition) is 4. The number of benzene rings is 2. The first-order chi connectivity index (χ1) is 14.9. The van der Waals surface area contributed by atoms with Crippen molar-refractivity contribution in [2.45, 2.75) is 65.7 Å². The van der Waals surface area contributed by atoms with Gasteiger partial charge in [0.05, 0.1) is 5.69 Å². The molecular weight excluding hydrogens is 455 g/mol. The van der Waals surface area contributed by atoms with E-state index in [0.29, 0.717) is 0 Å². The second-order valence-corrected chi connectivity index (χ2v) is 10.0. The zero-order valence-corrected chi connectivity index (χ0v) is 21.6. The third-order valence-electron chi connectivity index (χ3n) is 5.03. The molecule has 0 saturated carbocycles. The Bertz CT molecular complexity index is 1050. The van der Waals surface area contributed by atoms with Crippen molar-refractivity contribution in [3.63, 3.8) is 0 Å². The van der Waals surface area contributed by atoms with Crippen LogP contribution in [0.1, 0.15) is 63.9 Å². The van der Waals surface area contributed by atoms with Crippen molar-refractivity contribution in [3.8, 4) is 11.5 Å². The van der Waals surface area contributed by atoms with Crippen LogP contribution in [-0.4, -0.2) is 11.2 Å². The first-order valence-electron chi connectivity index (χ1n) is 10.9. The summed E-state index contributed by atoms with van der Waals surface area (Å²) in [5.74, 6) is -0.851. The predicted molar refractivity (Wildman–Crippen MR) is 130 cm³/mol. The van der Waals surface area contributed by atoms with Crippen molar-refractivity contribution in [1.82, 2.24) is 4.98 Å². The molecule has 2 aromatic carbocycles. The SMILES string of the molecule is CC(C)(C)c1ccc(C(C)(C)C)c(N=CCc2ccccn2)c1.Cc1ccc([O-])c([O-])c1.[Ni+2]. The maximum Gasteiger partial charge on any atom is 2.00 e. The van der Waals surface area contributed by atoms with Gasteiger partial charge in [0, 0.05) is 24.5 Å². The third kappa shape index (κ3) is 9.02. The van der Waals surface area contributed by atoms with Gasteiger partial charge < -0.3 is 10.2 Å². The van der Waals surface area contributed by atoms with Gasteiger partial charge >= 0.3 is 16.5 Å². The van der Waals surface area contributed by atoms with E-state index in [-0.39, 0.29) is 27.3 Å². The molecule has 0 bridgehead atoms. The smallest absolute Gasteiger partial charge is 0.873 e. The van der Waals surface area contributed by atoms with Crippen LogP contribution in [0.5, 0.6) is 11.5 Å². The number of aromatic nitrogens is 1. The summed E-state index contributed by atoms with van der Waals surface area (Å²) in [7, 11) is 0. The molecule has 0 aliphatic heterocycles. The maximum absolute atomic E-state index is 10.5. The molecule has 3 rings (SSSR count). The minimum absolute atomic E-state index is 0. The molecule has 0 atom stereocenters. The van der Waals surface area contributed by atoms with Gasteiger partial charge in [-0.15, -0.1) is 11.5 Å². The van der Waals surface area contributed by atoms with Crippen LogP contribution in [0.3, 0.4) is 0 Å². The Labute approximate surface area is 208 Å². The van der Waals surface area contributed by atoms with E-state index in [1.54, 1.807) is 13.0 Å². The molecule has 0 aliphatic carbocycles. The first kappa shape index (κ1) is 28.4. The molecule has 0 radical (unpaired) electrons. The van der Waals surface area contributed by atoms with Crippen molar-refractivity contribution in [1.29, 1.82) is 0 Å². The molecule has 1 aromatic heterocycles. The zero-order valence-electron chi connectivity index (χ0n) is 20.6. The average Bonchev–Trinajstić information content (AvgIpc) is 2.71. The van der Waals surface area contributed by atoms with E-state index in [9.17, 15) is 10.2 Å². The van der Waals surface area contributed by atoms with Gasteiger partial charge in [0.15, 0.2) is 0 Å². The van der Waals surface area contributed by atoms with Crippen LogP contribution in [0.2, 0.25) is 0 Å². The van der Waals surface area contributed by atoms with E-state index in [1.807, 2.05) is 30.6 Å². The van der Waals surface area contributed by atoms with Gasteiger partial charge in [-0.2, -0.15) is 0 Å². The molecule has 0 aliphatic rings. The summed E-state index contributed by atoms with van der Waals surface area (Å²) < 4.78 is 0.